The molecule has 0 saturated heterocycles. The van der Waals surface area contributed by atoms with E-state index in [4.69, 9.17) is 17.3 Å². The number of aryl methyl sites for hydroxylation is 1. The molecule has 0 fully saturated rings. The number of hydrogen-bond acceptors (Lipinski definition) is 4. The van der Waals surface area contributed by atoms with Gasteiger partial charge in [0, 0.05) is 23.9 Å². The van der Waals surface area contributed by atoms with Crippen LogP contribution in [0.5, 0.6) is 0 Å². The SMILES string of the molecule is Cc1ccc2cc(C=NNC(=O)CCN)c(Cl)nc2c1. The molecular formula is C14H15ClN4O. The number of rotatable bonds is 4. The number of amides is 1. The van der Waals surface area contributed by atoms with Gasteiger partial charge in [0.15, 0.2) is 0 Å². The largest absolute Gasteiger partial charge is 0.330 e. The van der Waals surface area contributed by atoms with Crippen LogP contribution in [0.15, 0.2) is 29.4 Å². The quantitative estimate of drug-likeness (QED) is 0.513. The van der Waals surface area contributed by atoms with E-state index in [1.165, 1.54) is 6.21 Å². The first-order chi connectivity index (χ1) is 9.60. The third-order valence-corrected chi connectivity index (χ3v) is 3.02. The number of halogens is 1. The fourth-order valence-electron chi connectivity index (χ4n) is 1.72. The van der Waals surface area contributed by atoms with Crippen LogP contribution in [0, 0.1) is 6.92 Å². The monoisotopic (exact) mass is 290 g/mol. The molecule has 3 N–H and O–H groups in total. The average Bonchev–Trinajstić information content (AvgIpc) is 2.40. The summed E-state index contributed by atoms with van der Waals surface area (Å²) in [6.07, 6.45) is 1.71. The van der Waals surface area contributed by atoms with Crippen molar-refractivity contribution < 1.29 is 4.79 Å². The van der Waals surface area contributed by atoms with Gasteiger partial charge in [-0.1, -0.05) is 23.7 Å². The highest BCUT2D eigenvalue weighted by molar-refractivity contribution is 6.32. The topological polar surface area (TPSA) is 80.4 Å². The van der Waals surface area contributed by atoms with E-state index in [9.17, 15) is 4.79 Å². The van der Waals surface area contributed by atoms with E-state index in [2.05, 4.69) is 15.5 Å². The van der Waals surface area contributed by atoms with Gasteiger partial charge in [-0.2, -0.15) is 5.10 Å². The molecule has 2 rings (SSSR count). The number of fused-ring (bicyclic) bond motifs is 1. The minimum Gasteiger partial charge on any atom is -0.330 e. The predicted molar refractivity (Wildman–Crippen MR) is 80.9 cm³/mol. The van der Waals surface area contributed by atoms with Crippen LogP contribution in [0.2, 0.25) is 5.15 Å². The number of nitrogens with zero attached hydrogens (tertiary/aromatic N) is 2. The van der Waals surface area contributed by atoms with Crippen molar-refractivity contribution in [3.8, 4) is 0 Å². The zero-order chi connectivity index (χ0) is 14.5. The summed E-state index contributed by atoms with van der Waals surface area (Å²) in [5, 5.41) is 5.16. The molecular weight excluding hydrogens is 276 g/mol. The molecule has 0 radical (unpaired) electrons. The summed E-state index contributed by atoms with van der Waals surface area (Å²) in [5.41, 5.74) is 10.3. The minimum atomic E-state index is -0.232. The Hall–Kier alpha value is -1.98. The average molecular weight is 291 g/mol. The molecule has 20 heavy (non-hydrogen) atoms. The fraction of sp³-hybridized carbons (Fsp3) is 0.214. The summed E-state index contributed by atoms with van der Waals surface area (Å²) in [5.74, 6) is -0.232. The number of hydrogen-bond donors (Lipinski definition) is 2. The summed E-state index contributed by atoms with van der Waals surface area (Å²) in [7, 11) is 0. The second kappa shape index (κ2) is 6.45. The maximum Gasteiger partial charge on any atom is 0.241 e. The van der Waals surface area contributed by atoms with Crippen LogP contribution in [0.4, 0.5) is 0 Å². The lowest BCUT2D eigenvalue weighted by Gasteiger charge is -2.03. The van der Waals surface area contributed by atoms with Crippen LogP contribution in [0.1, 0.15) is 17.5 Å². The Morgan fingerprint density at radius 1 is 1.50 bits per heavy atom. The van der Waals surface area contributed by atoms with Gasteiger partial charge >= 0.3 is 0 Å². The van der Waals surface area contributed by atoms with E-state index in [1.54, 1.807) is 0 Å². The fourth-order valence-corrected chi connectivity index (χ4v) is 1.92. The van der Waals surface area contributed by atoms with Crippen molar-refractivity contribution in [1.29, 1.82) is 0 Å². The van der Waals surface area contributed by atoms with Crippen LogP contribution < -0.4 is 11.2 Å². The highest BCUT2D eigenvalue weighted by Crippen LogP contribution is 2.20. The number of carbonyl (C=O) groups excluding carboxylic acids is 1. The first kappa shape index (κ1) is 14.4. The van der Waals surface area contributed by atoms with E-state index in [0.29, 0.717) is 17.3 Å². The third-order valence-electron chi connectivity index (χ3n) is 2.72. The van der Waals surface area contributed by atoms with E-state index in [-0.39, 0.29) is 12.3 Å². The van der Waals surface area contributed by atoms with Gasteiger partial charge in [0.1, 0.15) is 5.15 Å². The van der Waals surface area contributed by atoms with Crippen LogP contribution in [-0.4, -0.2) is 23.7 Å². The molecule has 0 saturated carbocycles. The zero-order valence-electron chi connectivity index (χ0n) is 11.1. The van der Waals surface area contributed by atoms with Gasteiger partial charge in [-0.15, -0.1) is 0 Å². The smallest absolute Gasteiger partial charge is 0.241 e. The lowest BCUT2D eigenvalue weighted by atomic mass is 10.1. The number of hydrazone groups is 1. The van der Waals surface area contributed by atoms with Crippen LogP contribution in [0.3, 0.4) is 0 Å². The van der Waals surface area contributed by atoms with Gasteiger partial charge in [0.05, 0.1) is 11.7 Å². The van der Waals surface area contributed by atoms with Gasteiger partial charge in [-0.05, 0) is 24.6 Å². The molecule has 0 aliphatic rings. The van der Waals surface area contributed by atoms with Crippen molar-refractivity contribution in [3.05, 3.63) is 40.5 Å². The predicted octanol–water partition coefficient (Wildman–Crippen LogP) is 2.00. The third kappa shape index (κ3) is 3.53. The van der Waals surface area contributed by atoms with Crippen molar-refractivity contribution in [1.82, 2.24) is 10.4 Å². The second-order valence-corrected chi connectivity index (χ2v) is 4.75. The van der Waals surface area contributed by atoms with Crippen molar-refractivity contribution in [3.63, 3.8) is 0 Å². The van der Waals surface area contributed by atoms with E-state index >= 15 is 0 Å². The molecule has 2 aromatic rings. The maximum atomic E-state index is 11.2. The number of aromatic nitrogens is 1. The Morgan fingerprint density at radius 2 is 2.30 bits per heavy atom. The van der Waals surface area contributed by atoms with E-state index in [0.717, 1.165) is 16.5 Å². The number of carbonyl (C=O) groups is 1. The van der Waals surface area contributed by atoms with Crippen molar-refractivity contribution in [2.24, 2.45) is 10.8 Å². The molecule has 0 aliphatic carbocycles. The molecule has 104 valence electrons. The Bertz CT molecular complexity index is 670. The lowest BCUT2D eigenvalue weighted by molar-refractivity contribution is -0.120. The first-order valence-electron chi connectivity index (χ1n) is 6.19. The van der Waals surface area contributed by atoms with Crippen LogP contribution >= 0.6 is 11.6 Å². The van der Waals surface area contributed by atoms with E-state index < -0.39 is 0 Å². The normalized spacial score (nSPS) is 11.2. The maximum absolute atomic E-state index is 11.2. The Kier molecular flexibility index (Phi) is 4.65. The summed E-state index contributed by atoms with van der Waals surface area (Å²) in [6.45, 7) is 2.29. The minimum absolute atomic E-state index is 0.232. The molecule has 0 atom stereocenters. The number of benzene rings is 1. The molecule has 0 bridgehead atoms. The Balaban J connectivity index is 2.22. The lowest BCUT2D eigenvalue weighted by Crippen LogP contribution is -2.20. The van der Waals surface area contributed by atoms with Crippen LogP contribution in [0.25, 0.3) is 10.9 Å². The summed E-state index contributed by atoms with van der Waals surface area (Å²) >= 11 is 6.10. The number of nitrogens with two attached hydrogens (primary N) is 1. The molecule has 1 amide bonds. The molecule has 6 heteroatoms. The van der Waals surface area contributed by atoms with Gasteiger partial charge < -0.3 is 5.73 Å². The van der Waals surface area contributed by atoms with Crippen LogP contribution in [-0.2, 0) is 4.79 Å². The van der Waals surface area contributed by atoms with Crippen molar-refractivity contribution in [2.45, 2.75) is 13.3 Å². The molecule has 1 aromatic heterocycles. The molecule has 0 spiro atoms. The first-order valence-corrected chi connectivity index (χ1v) is 6.57. The van der Waals surface area contributed by atoms with Crippen molar-refractivity contribution in [2.75, 3.05) is 6.54 Å². The summed E-state index contributed by atoms with van der Waals surface area (Å²) in [4.78, 5) is 15.5. The number of pyridine rings is 1. The molecule has 1 aromatic carbocycles. The summed E-state index contributed by atoms with van der Waals surface area (Å²) < 4.78 is 0. The number of nitrogens with one attached hydrogen (secondary N) is 1. The standard InChI is InChI=1S/C14H15ClN4O/c1-9-2-3-10-7-11(14(15)18-12(10)6-9)8-17-19-13(20)4-5-16/h2-3,6-8H,4-5,16H2,1H3,(H,19,20). The summed E-state index contributed by atoms with van der Waals surface area (Å²) in [6, 6.07) is 7.81. The second-order valence-electron chi connectivity index (χ2n) is 4.40. The Morgan fingerprint density at radius 3 is 3.05 bits per heavy atom. The molecule has 0 unspecified atom stereocenters. The zero-order valence-corrected chi connectivity index (χ0v) is 11.8. The van der Waals surface area contributed by atoms with Gasteiger partial charge in [0.2, 0.25) is 5.91 Å². The van der Waals surface area contributed by atoms with Crippen molar-refractivity contribution >= 4 is 34.6 Å². The molecule has 0 aliphatic heterocycles. The molecule has 5 nitrogen and oxygen atoms in total. The highest BCUT2D eigenvalue weighted by atomic mass is 35.5. The highest BCUT2D eigenvalue weighted by Gasteiger charge is 2.03. The molecule has 1 heterocycles. The van der Waals surface area contributed by atoms with Gasteiger partial charge in [-0.3, -0.25) is 4.79 Å². The Labute approximate surface area is 121 Å². The van der Waals surface area contributed by atoms with Gasteiger partial charge in [0.25, 0.3) is 0 Å². The van der Waals surface area contributed by atoms with Gasteiger partial charge in [-0.25, -0.2) is 10.4 Å². The van der Waals surface area contributed by atoms with E-state index in [1.807, 2.05) is 31.2 Å².